The SMILES string of the molecule is C=Cc1ccc(COc2ccc3c(c2)OC(=Cc2ccc(OC)c(OC)c2)C3=O)cc1. The lowest BCUT2D eigenvalue weighted by Crippen LogP contribution is -1.98. The molecule has 1 aliphatic rings. The minimum Gasteiger partial charge on any atom is -0.493 e. The Morgan fingerprint density at radius 2 is 1.65 bits per heavy atom. The zero-order valence-corrected chi connectivity index (χ0v) is 17.4. The van der Waals surface area contributed by atoms with Crippen molar-refractivity contribution in [3.05, 3.63) is 95.3 Å². The molecule has 0 saturated heterocycles. The largest absolute Gasteiger partial charge is 0.493 e. The summed E-state index contributed by atoms with van der Waals surface area (Å²) in [7, 11) is 3.14. The Morgan fingerprint density at radius 3 is 2.35 bits per heavy atom. The van der Waals surface area contributed by atoms with Gasteiger partial charge in [-0.3, -0.25) is 4.79 Å². The maximum absolute atomic E-state index is 12.7. The number of ketones is 1. The Labute approximate surface area is 181 Å². The van der Waals surface area contributed by atoms with E-state index in [1.165, 1.54) is 0 Å². The summed E-state index contributed by atoms with van der Waals surface area (Å²) in [5.74, 6) is 2.39. The van der Waals surface area contributed by atoms with Gasteiger partial charge in [-0.25, -0.2) is 0 Å². The first-order valence-corrected chi connectivity index (χ1v) is 9.76. The molecular formula is C26H22O5. The van der Waals surface area contributed by atoms with Gasteiger partial charge in [0.1, 0.15) is 18.1 Å². The second kappa shape index (κ2) is 8.79. The van der Waals surface area contributed by atoms with E-state index < -0.39 is 0 Å². The molecule has 0 atom stereocenters. The second-order valence-electron chi connectivity index (χ2n) is 6.95. The van der Waals surface area contributed by atoms with Crippen LogP contribution in [0.4, 0.5) is 0 Å². The van der Waals surface area contributed by atoms with E-state index in [1.807, 2.05) is 30.3 Å². The zero-order chi connectivity index (χ0) is 21.8. The van der Waals surface area contributed by atoms with Gasteiger partial charge in [0, 0.05) is 6.07 Å². The van der Waals surface area contributed by atoms with Gasteiger partial charge in [0.25, 0.3) is 0 Å². The van der Waals surface area contributed by atoms with Crippen LogP contribution in [0.25, 0.3) is 12.2 Å². The Bertz CT molecular complexity index is 1160. The van der Waals surface area contributed by atoms with Crippen LogP contribution in [0.5, 0.6) is 23.0 Å². The number of methoxy groups -OCH3 is 2. The molecular weight excluding hydrogens is 392 g/mol. The molecule has 0 aliphatic carbocycles. The fraction of sp³-hybridized carbons (Fsp3) is 0.115. The van der Waals surface area contributed by atoms with Crippen molar-refractivity contribution in [1.82, 2.24) is 0 Å². The summed E-state index contributed by atoms with van der Waals surface area (Å²) in [5, 5.41) is 0. The number of fused-ring (bicyclic) bond motifs is 1. The van der Waals surface area contributed by atoms with Crippen LogP contribution < -0.4 is 18.9 Å². The summed E-state index contributed by atoms with van der Waals surface area (Å²) >= 11 is 0. The van der Waals surface area contributed by atoms with Crippen LogP contribution >= 0.6 is 0 Å². The van der Waals surface area contributed by atoms with E-state index in [0.29, 0.717) is 35.2 Å². The molecule has 0 unspecified atom stereocenters. The van der Waals surface area contributed by atoms with Crippen molar-refractivity contribution in [2.75, 3.05) is 14.2 Å². The normalized spacial score (nSPS) is 13.5. The monoisotopic (exact) mass is 414 g/mol. The third kappa shape index (κ3) is 4.31. The first kappa shape index (κ1) is 20.3. The number of Topliss-reactive ketones (excluding diaryl/α,β-unsaturated/α-hetero) is 1. The molecule has 0 amide bonds. The van der Waals surface area contributed by atoms with Crippen molar-refractivity contribution in [3.63, 3.8) is 0 Å². The van der Waals surface area contributed by atoms with Gasteiger partial charge in [-0.2, -0.15) is 0 Å². The lowest BCUT2D eigenvalue weighted by molar-refractivity contribution is 0.101. The maximum atomic E-state index is 12.7. The van der Waals surface area contributed by atoms with E-state index in [2.05, 4.69) is 6.58 Å². The fourth-order valence-corrected chi connectivity index (χ4v) is 3.27. The van der Waals surface area contributed by atoms with Gasteiger partial charge >= 0.3 is 0 Å². The molecule has 0 fully saturated rings. The van der Waals surface area contributed by atoms with Crippen molar-refractivity contribution in [2.24, 2.45) is 0 Å². The smallest absolute Gasteiger partial charge is 0.231 e. The minimum atomic E-state index is -0.170. The van der Waals surface area contributed by atoms with Crippen molar-refractivity contribution in [2.45, 2.75) is 6.61 Å². The van der Waals surface area contributed by atoms with Crippen molar-refractivity contribution >= 4 is 17.9 Å². The molecule has 31 heavy (non-hydrogen) atoms. The van der Waals surface area contributed by atoms with Crippen LogP contribution in [0.2, 0.25) is 0 Å². The number of ether oxygens (including phenoxy) is 4. The van der Waals surface area contributed by atoms with Gasteiger partial charge in [-0.05, 0) is 47.0 Å². The van der Waals surface area contributed by atoms with Crippen LogP contribution in [0.3, 0.4) is 0 Å². The highest BCUT2D eigenvalue weighted by molar-refractivity contribution is 6.14. The van der Waals surface area contributed by atoms with Crippen LogP contribution in [0.1, 0.15) is 27.0 Å². The average Bonchev–Trinajstić information content (AvgIpc) is 3.12. The van der Waals surface area contributed by atoms with Crippen LogP contribution in [0.15, 0.2) is 73.0 Å². The quantitative estimate of drug-likeness (QED) is 0.475. The van der Waals surface area contributed by atoms with Gasteiger partial charge in [0.2, 0.25) is 5.78 Å². The molecule has 0 aromatic heterocycles. The fourth-order valence-electron chi connectivity index (χ4n) is 3.27. The van der Waals surface area contributed by atoms with E-state index >= 15 is 0 Å². The zero-order valence-electron chi connectivity index (χ0n) is 17.4. The summed E-state index contributed by atoms with van der Waals surface area (Å²) < 4.78 is 22.3. The molecule has 1 heterocycles. The summed E-state index contributed by atoms with van der Waals surface area (Å²) in [4.78, 5) is 12.7. The molecule has 0 radical (unpaired) electrons. The molecule has 0 saturated carbocycles. The van der Waals surface area contributed by atoms with E-state index in [0.717, 1.165) is 16.7 Å². The number of carbonyl (C=O) groups is 1. The van der Waals surface area contributed by atoms with Gasteiger partial charge < -0.3 is 18.9 Å². The molecule has 0 bridgehead atoms. The van der Waals surface area contributed by atoms with E-state index in [9.17, 15) is 4.79 Å². The number of hydrogen-bond acceptors (Lipinski definition) is 5. The Hall–Kier alpha value is -3.99. The lowest BCUT2D eigenvalue weighted by atomic mass is 10.1. The lowest BCUT2D eigenvalue weighted by Gasteiger charge is -2.08. The van der Waals surface area contributed by atoms with Gasteiger partial charge in [-0.15, -0.1) is 0 Å². The molecule has 5 nitrogen and oxygen atoms in total. The molecule has 3 aromatic carbocycles. The molecule has 1 aliphatic heterocycles. The van der Waals surface area contributed by atoms with Crippen molar-refractivity contribution in [3.8, 4) is 23.0 Å². The first-order valence-electron chi connectivity index (χ1n) is 9.76. The third-order valence-corrected chi connectivity index (χ3v) is 4.97. The molecule has 3 aromatic rings. The molecule has 0 spiro atoms. The Kier molecular flexibility index (Phi) is 5.76. The standard InChI is InChI=1S/C26H22O5/c1-4-17-5-7-18(8-6-17)16-30-20-10-11-21-23(15-20)31-25(26(21)27)14-19-9-12-22(28-2)24(13-19)29-3/h4-15H,1,16H2,2-3H3. The van der Waals surface area contributed by atoms with Gasteiger partial charge in [0.05, 0.1) is 19.8 Å². The summed E-state index contributed by atoms with van der Waals surface area (Å²) in [6.07, 6.45) is 3.48. The van der Waals surface area contributed by atoms with Crippen LogP contribution in [0, 0.1) is 0 Å². The van der Waals surface area contributed by atoms with Gasteiger partial charge in [0.15, 0.2) is 17.3 Å². The van der Waals surface area contributed by atoms with Crippen LogP contribution in [-0.4, -0.2) is 20.0 Å². The highest BCUT2D eigenvalue weighted by Crippen LogP contribution is 2.36. The number of allylic oxidation sites excluding steroid dienone is 1. The predicted molar refractivity (Wildman–Crippen MR) is 120 cm³/mol. The highest BCUT2D eigenvalue weighted by atomic mass is 16.5. The Morgan fingerprint density at radius 1 is 0.903 bits per heavy atom. The number of hydrogen-bond donors (Lipinski definition) is 0. The number of benzene rings is 3. The number of carbonyl (C=O) groups excluding carboxylic acids is 1. The third-order valence-electron chi connectivity index (χ3n) is 4.97. The summed E-state index contributed by atoms with van der Waals surface area (Å²) in [6, 6.07) is 18.6. The second-order valence-corrected chi connectivity index (χ2v) is 6.95. The summed E-state index contributed by atoms with van der Waals surface area (Å²) in [6.45, 7) is 4.17. The molecule has 4 rings (SSSR count). The predicted octanol–water partition coefficient (Wildman–Crippen LogP) is 5.54. The molecule has 156 valence electrons. The molecule has 0 N–H and O–H groups in total. The van der Waals surface area contributed by atoms with Crippen molar-refractivity contribution in [1.29, 1.82) is 0 Å². The minimum absolute atomic E-state index is 0.170. The first-order chi connectivity index (χ1) is 15.1. The van der Waals surface area contributed by atoms with Crippen molar-refractivity contribution < 1.29 is 23.7 Å². The van der Waals surface area contributed by atoms with E-state index in [1.54, 1.807) is 56.7 Å². The molecule has 5 heteroatoms. The average molecular weight is 414 g/mol. The van der Waals surface area contributed by atoms with E-state index in [4.69, 9.17) is 18.9 Å². The summed E-state index contributed by atoms with van der Waals surface area (Å²) in [5.41, 5.74) is 3.38. The van der Waals surface area contributed by atoms with E-state index in [-0.39, 0.29) is 11.5 Å². The number of rotatable bonds is 7. The topological polar surface area (TPSA) is 54.0 Å². The van der Waals surface area contributed by atoms with Crippen LogP contribution in [-0.2, 0) is 6.61 Å². The maximum Gasteiger partial charge on any atom is 0.231 e. The Balaban J connectivity index is 1.49. The van der Waals surface area contributed by atoms with Gasteiger partial charge in [-0.1, -0.05) is 43.0 Å². The highest BCUT2D eigenvalue weighted by Gasteiger charge is 2.27.